The van der Waals surface area contributed by atoms with E-state index in [1.807, 2.05) is 19.5 Å². The van der Waals surface area contributed by atoms with Crippen molar-refractivity contribution in [2.24, 2.45) is 0 Å². The van der Waals surface area contributed by atoms with E-state index in [2.05, 4.69) is 39.2 Å². The maximum absolute atomic E-state index is 6.00. The number of halogens is 1. The van der Waals surface area contributed by atoms with Crippen molar-refractivity contribution in [1.82, 2.24) is 10.3 Å². The zero-order chi connectivity index (χ0) is 14.4. The number of rotatable bonds is 6. The number of nitrogens with zero attached hydrogens (tertiary/aromatic N) is 1. The van der Waals surface area contributed by atoms with Crippen molar-refractivity contribution in [2.45, 2.75) is 57.1 Å². The van der Waals surface area contributed by atoms with Crippen LogP contribution in [0.5, 0.6) is 0 Å². The van der Waals surface area contributed by atoms with Gasteiger partial charge in [-0.1, -0.05) is 26.2 Å². The molecule has 1 unspecified atom stereocenters. The Balaban J connectivity index is 2.16. The molecular formula is C16H25BrN2O. The minimum atomic E-state index is -0.0173. The topological polar surface area (TPSA) is 34.2 Å². The van der Waals surface area contributed by atoms with E-state index in [0.717, 1.165) is 30.3 Å². The molecule has 1 heterocycles. The number of ether oxygens (including phenoxy) is 1. The van der Waals surface area contributed by atoms with Gasteiger partial charge < -0.3 is 10.1 Å². The molecule has 1 aromatic heterocycles. The fourth-order valence-corrected chi connectivity index (χ4v) is 3.75. The standard InChI is InChI=1S/C16H25BrN2O/c1-3-19-15(10-13-9-14(17)12-18-11-13)16(20-2)7-5-4-6-8-16/h9,11-12,15,19H,3-8,10H2,1-2H3. The van der Waals surface area contributed by atoms with Crippen molar-refractivity contribution in [3.8, 4) is 0 Å². The Morgan fingerprint density at radius 1 is 1.35 bits per heavy atom. The van der Waals surface area contributed by atoms with Gasteiger partial charge in [-0.2, -0.15) is 0 Å². The lowest BCUT2D eigenvalue weighted by atomic mass is 9.77. The predicted molar refractivity (Wildman–Crippen MR) is 85.9 cm³/mol. The zero-order valence-corrected chi connectivity index (χ0v) is 14.1. The molecule has 20 heavy (non-hydrogen) atoms. The van der Waals surface area contributed by atoms with E-state index >= 15 is 0 Å². The van der Waals surface area contributed by atoms with Gasteiger partial charge in [-0.25, -0.2) is 0 Å². The molecule has 1 aliphatic rings. The van der Waals surface area contributed by atoms with E-state index in [-0.39, 0.29) is 5.60 Å². The third-order valence-corrected chi connectivity index (χ3v) is 4.83. The van der Waals surface area contributed by atoms with Gasteiger partial charge in [0.1, 0.15) is 0 Å². The third kappa shape index (κ3) is 3.80. The Morgan fingerprint density at radius 2 is 2.10 bits per heavy atom. The van der Waals surface area contributed by atoms with Crippen LogP contribution in [0.1, 0.15) is 44.6 Å². The number of nitrogens with one attached hydrogen (secondary N) is 1. The van der Waals surface area contributed by atoms with Gasteiger partial charge in [0.2, 0.25) is 0 Å². The van der Waals surface area contributed by atoms with Crippen LogP contribution in [0, 0.1) is 0 Å². The molecule has 0 aromatic carbocycles. The average molecular weight is 341 g/mol. The third-order valence-electron chi connectivity index (χ3n) is 4.39. The van der Waals surface area contributed by atoms with E-state index in [1.54, 1.807) is 0 Å². The van der Waals surface area contributed by atoms with Crippen molar-refractivity contribution in [2.75, 3.05) is 13.7 Å². The summed E-state index contributed by atoms with van der Waals surface area (Å²) in [5.74, 6) is 0. The highest BCUT2D eigenvalue weighted by Crippen LogP contribution is 2.35. The molecule has 1 aliphatic carbocycles. The van der Waals surface area contributed by atoms with Crippen LogP contribution < -0.4 is 5.32 Å². The van der Waals surface area contributed by atoms with Crippen molar-refractivity contribution in [3.63, 3.8) is 0 Å². The van der Waals surface area contributed by atoms with Gasteiger partial charge in [-0.3, -0.25) is 4.98 Å². The molecule has 0 aliphatic heterocycles. The number of pyridine rings is 1. The smallest absolute Gasteiger partial charge is 0.0834 e. The molecule has 1 atom stereocenters. The van der Waals surface area contributed by atoms with Crippen LogP contribution >= 0.6 is 15.9 Å². The molecule has 1 fully saturated rings. The summed E-state index contributed by atoms with van der Waals surface area (Å²) in [6.07, 6.45) is 10.9. The molecule has 1 aromatic rings. The molecule has 1 N–H and O–H groups in total. The van der Waals surface area contributed by atoms with Gasteiger partial charge in [0.15, 0.2) is 0 Å². The number of methoxy groups -OCH3 is 1. The first kappa shape index (κ1) is 15.9. The fraction of sp³-hybridized carbons (Fsp3) is 0.688. The summed E-state index contributed by atoms with van der Waals surface area (Å²) < 4.78 is 7.04. The molecule has 0 amide bonds. The quantitative estimate of drug-likeness (QED) is 0.856. The first-order valence-electron chi connectivity index (χ1n) is 7.58. The Hall–Kier alpha value is -0.450. The maximum Gasteiger partial charge on any atom is 0.0834 e. The SMILES string of the molecule is CCNC(Cc1cncc(Br)c1)C1(OC)CCCCC1. The van der Waals surface area contributed by atoms with E-state index in [0.29, 0.717) is 6.04 Å². The fourth-order valence-electron chi connectivity index (χ4n) is 3.34. The summed E-state index contributed by atoms with van der Waals surface area (Å²) in [4.78, 5) is 4.28. The predicted octanol–water partition coefficient (Wildman–Crippen LogP) is 3.71. The second-order valence-corrected chi connectivity index (χ2v) is 6.57. The number of hydrogen-bond donors (Lipinski definition) is 1. The second-order valence-electron chi connectivity index (χ2n) is 5.66. The molecule has 0 saturated heterocycles. The van der Waals surface area contributed by atoms with Gasteiger partial charge in [0.25, 0.3) is 0 Å². The Labute approximate surface area is 130 Å². The molecule has 2 rings (SSSR count). The highest BCUT2D eigenvalue weighted by molar-refractivity contribution is 9.10. The van der Waals surface area contributed by atoms with E-state index in [9.17, 15) is 0 Å². The molecule has 0 spiro atoms. The summed E-state index contributed by atoms with van der Waals surface area (Å²) in [7, 11) is 1.87. The van der Waals surface area contributed by atoms with Gasteiger partial charge in [-0.15, -0.1) is 0 Å². The Morgan fingerprint density at radius 3 is 2.70 bits per heavy atom. The van der Waals surface area contributed by atoms with E-state index in [4.69, 9.17) is 4.74 Å². The van der Waals surface area contributed by atoms with E-state index < -0.39 is 0 Å². The highest BCUT2D eigenvalue weighted by atomic mass is 79.9. The normalized spacial score (nSPS) is 19.8. The molecule has 3 nitrogen and oxygen atoms in total. The lowest BCUT2D eigenvalue weighted by molar-refractivity contribution is -0.0669. The highest BCUT2D eigenvalue weighted by Gasteiger charge is 2.39. The molecule has 1 saturated carbocycles. The lowest BCUT2D eigenvalue weighted by Crippen LogP contribution is -2.54. The van der Waals surface area contributed by atoms with Gasteiger partial charge >= 0.3 is 0 Å². The van der Waals surface area contributed by atoms with Crippen molar-refractivity contribution in [1.29, 1.82) is 0 Å². The summed E-state index contributed by atoms with van der Waals surface area (Å²) in [6.45, 7) is 3.13. The monoisotopic (exact) mass is 340 g/mol. The number of likely N-dealkylation sites (N-methyl/N-ethyl adjacent to an activating group) is 1. The van der Waals surface area contributed by atoms with Crippen LogP contribution in [-0.2, 0) is 11.2 Å². The number of aromatic nitrogens is 1. The van der Waals surface area contributed by atoms with Crippen LogP contribution in [0.3, 0.4) is 0 Å². The van der Waals surface area contributed by atoms with Gasteiger partial charge in [-0.05, 0) is 53.4 Å². The summed E-state index contributed by atoms with van der Waals surface area (Å²) in [6, 6.07) is 2.51. The Kier molecular flexibility index (Phi) is 6.00. The molecule has 112 valence electrons. The molecule has 0 radical (unpaired) electrons. The van der Waals surface area contributed by atoms with Crippen molar-refractivity contribution in [3.05, 3.63) is 28.5 Å². The van der Waals surface area contributed by atoms with E-state index in [1.165, 1.54) is 24.8 Å². The molecule has 4 heteroatoms. The van der Waals surface area contributed by atoms with Crippen LogP contribution in [-0.4, -0.2) is 30.3 Å². The number of hydrogen-bond acceptors (Lipinski definition) is 3. The van der Waals surface area contributed by atoms with Gasteiger partial charge in [0, 0.05) is 30.0 Å². The minimum absolute atomic E-state index is 0.0173. The first-order chi connectivity index (χ1) is 9.70. The van der Waals surface area contributed by atoms with Crippen molar-refractivity contribution >= 4 is 15.9 Å². The Bertz CT molecular complexity index is 419. The summed E-state index contributed by atoms with van der Waals surface area (Å²) in [5.41, 5.74) is 1.24. The second kappa shape index (κ2) is 7.53. The summed E-state index contributed by atoms with van der Waals surface area (Å²) in [5, 5.41) is 3.64. The van der Waals surface area contributed by atoms with Gasteiger partial charge in [0.05, 0.1) is 5.60 Å². The van der Waals surface area contributed by atoms with Crippen LogP contribution in [0.25, 0.3) is 0 Å². The van der Waals surface area contributed by atoms with Crippen LogP contribution in [0.15, 0.2) is 22.9 Å². The molecular weight excluding hydrogens is 316 g/mol. The first-order valence-corrected chi connectivity index (χ1v) is 8.37. The average Bonchev–Trinajstić information content (AvgIpc) is 2.47. The lowest BCUT2D eigenvalue weighted by Gasteiger charge is -2.43. The van der Waals surface area contributed by atoms with Crippen LogP contribution in [0.4, 0.5) is 0 Å². The molecule has 0 bridgehead atoms. The zero-order valence-electron chi connectivity index (χ0n) is 12.5. The minimum Gasteiger partial charge on any atom is -0.377 e. The van der Waals surface area contributed by atoms with Crippen LogP contribution in [0.2, 0.25) is 0 Å². The van der Waals surface area contributed by atoms with Crippen molar-refractivity contribution < 1.29 is 4.74 Å². The summed E-state index contributed by atoms with van der Waals surface area (Å²) >= 11 is 3.50. The maximum atomic E-state index is 6.00. The largest absolute Gasteiger partial charge is 0.377 e.